The van der Waals surface area contributed by atoms with Gasteiger partial charge in [-0.25, -0.2) is 0 Å². The van der Waals surface area contributed by atoms with Gasteiger partial charge >= 0.3 is 0 Å². The number of hydrogen-bond donors (Lipinski definition) is 1. The molecule has 2 nitrogen and oxygen atoms in total. The second kappa shape index (κ2) is 8.21. The van der Waals surface area contributed by atoms with Crippen molar-refractivity contribution in [3.8, 4) is 0 Å². The summed E-state index contributed by atoms with van der Waals surface area (Å²) in [6.45, 7) is 10.1. The lowest BCUT2D eigenvalue weighted by Gasteiger charge is -2.33. The summed E-state index contributed by atoms with van der Waals surface area (Å²) in [5.41, 5.74) is 8.74. The summed E-state index contributed by atoms with van der Waals surface area (Å²) in [7, 11) is 0. The first-order valence-electron chi connectivity index (χ1n) is 7.70. The van der Waals surface area contributed by atoms with Gasteiger partial charge in [0.05, 0.1) is 0 Å². The zero-order chi connectivity index (χ0) is 14.3. The Balaban J connectivity index is 2.99. The van der Waals surface area contributed by atoms with E-state index in [4.69, 9.17) is 5.73 Å². The van der Waals surface area contributed by atoms with Crippen LogP contribution in [0, 0.1) is 0 Å². The molecule has 19 heavy (non-hydrogen) atoms. The van der Waals surface area contributed by atoms with Crippen LogP contribution < -0.4 is 10.6 Å². The molecule has 2 unspecified atom stereocenters. The minimum atomic E-state index is 0.214. The summed E-state index contributed by atoms with van der Waals surface area (Å²) in [5, 5.41) is 0. The van der Waals surface area contributed by atoms with Gasteiger partial charge in [0.25, 0.3) is 0 Å². The van der Waals surface area contributed by atoms with Crippen LogP contribution in [-0.4, -0.2) is 18.6 Å². The van der Waals surface area contributed by atoms with Gasteiger partial charge in [0.2, 0.25) is 0 Å². The average molecular weight is 262 g/mol. The van der Waals surface area contributed by atoms with Crippen LogP contribution in [0.5, 0.6) is 0 Å². The largest absolute Gasteiger partial charge is 0.369 e. The van der Waals surface area contributed by atoms with Crippen molar-refractivity contribution in [1.29, 1.82) is 0 Å². The Morgan fingerprint density at radius 1 is 1.16 bits per heavy atom. The summed E-state index contributed by atoms with van der Waals surface area (Å²) in [4.78, 5) is 2.56. The Labute approximate surface area is 119 Å². The highest BCUT2D eigenvalue weighted by molar-refractivity contribution is 5.54. The number of hydrogen-bond acceptors (Lipinski definition) is 2. The Morgan fingerprint density at radius 2 is 1.84 bits per heavy atom. The van der Waals surface area contributed by atoms with Gasteiger partial charge in [0.1, 0.15) is 0 Å². The van der Waals surface area contributed by atoms with Gasteiger partial charge < -0.3 is 10.6 Å². The molecular formula is C17H30N2. The first kappa shape index (κ1) is 16.0. The van der Waals surface area contributed by atoms with Gasteiger partial charge in [0.15, 0.2) is 0 Å². The van der Waals surface area contributed by atoms with E-state index in [2.05, 4.69) is 56.9 Å². The molecule has 0 spiro atoms. The minimum Gasteiger partial charge on any atom is -0.369 e. The molecule has 0 aliphatic heterocycles. The summed E-state index contributed by atoms with van der Waals surface area (Å²) < 4.78 is 0. The fourth-order valence-corrected chi connectivity index (χ4v) is 2.44. The van der Waals surface area contributed by atoms with Crippen molar-refractivity contribution < 1.29 is 0 Å². The van der Waals surface area contributed by atoms with E-state index in [1.165, 1.54) is 30.5 Å². The van der Waals surface area contributed by atoms with Gasteiger partial charge in [-0.05, 0) is 44.7 Å². The first-order valence-corrected chi connectivity index (χ1v) is 7.70. The highest BCUT2D eigenvalue weighted by Crippen LogP contribution is 2.25. The fourth-order valence-electron chi connectivity index (χ4n) is 2.44. The van der Waals surface area contributed by atoms with E-state index < -0.39 is 0 Å². The predicted molar refractivity (Wildman–Crippen MR) is 85.8 cm³/mol. The van der Waals surface area contributed by atoms with Crippen LogP contribution in [0.4, 0.5) is 5.69 Å². The van der Waals surface area contributed by atoms with Gasteiger partial charge in [0, 0.05) is 24.3 Å². The van der Waals surface area contributed by atoms with Gasteiger partial charge in [-0.15, -0.1) is 0 Å². The Morgan fingerprint density at radius 3 is 2.42 bits per heavy atom. The molecule has 1 aromatic carbocycles. The molecular weight excluding hydrogens is 232 g/mol. The van der Waals surface area contributed by atoms with Gasteiger partial charge in [-0.1, -0.05) is 38.5 Å². The minimum absolute atomic E-state index is 0.214. The average Bonchev–Trinajstić information content (AvgIpc) is 2.39. The molecule has 0 amide bonds. The summed E-state index contributed by atoms with van der Waals surface area (Å²) in [6.07, 6.45) is 4.62. The van der Waals surface area contributed by atoms with E-state index in [1.807, 2.05) is 0 Å². The highest BCUT2D eigenvalue weighted by atomic mass is 15.2. The monoisotopic (exact) mass is 262 g/mol. The van der Waals surface area contributed by atoms with Crippen LogP contribution in [0.2, 0.25) is 0 Å². The topological polar surface area (TPSA) is 29.3 Å². The summed E-state index contributed by atoms with van der Waals surface area (Å²) >= 11 is 0. The molecule has 2 N–H and O–H groups in total. The van der Waals surface area contributed by atoms with Gasteiger partial charge in [-0.3, -0.25) is 0 Å². The van der Waals surface area contributed by atoms with E-state index in [9.17, 15) is 0 Å². The summed E-state index contributed by atoms with van der Waals surface area (Å²) in [5.74, 6) is 0. The number of unbranched alkanes of at least 4 members (excludes halogenated alkanes) is 1. The smallest absolute Gasteiger partial charge is 0.0401 e. The van der Waals surface area contributed by atoms with Crippen LogP contribution in [0.3, 0.4) is 0 Å². The second-order valence-corrected chi connectivity index (χ2v) is 5.61. The van der Waals surface area contributed by atoms with E-state index in [-0.39, 0.29) is 6.04 Å². The van der Waals surface area contributed by atoms with Crippen LogP contribution in [-0.2, 0) is 6.42 Å². The maximum Gasteiger partial charge on any atom is 0.0401 e. The van der Waals surface area contributed by atoms with Crippen LogP contribution in [0.15, 0.2) is 24.3 Å². The lowest BCUT2D eigenvalue weighted by atomic mass is 10.0. The maximum absolute atomic E-state index is 5.98. The molecule has 0 heterocycles. The second-order valence-electron chi connectivity index (χ2n) is 5.61. The van der Waals surface area contributed by atoms with Crippen molar-refractivity contribution in [1.82, 2.24) is 0 Å². The molecule has 108 valence electrons. The lowest BCUT2D eigenvalue weighted by molar-refractivity contribution is 0.591. The van der Waals surface area contributed by atoms with Crippen molar-refractivity contribution in [3.05, 3.63) is 29.8 Å². The lowest BCUT2D eigenvalue weighted by Crippen LogP contribution is -2.34. The Bertz CT molecular complexity index is 360. The number of anilines is 1. The number of nitrogens with two attached hydrogens (primary N) is 1. The molecule has 0 aliphatic carbocycles. The molecule has 1 rings (SSSR count). The fraction of sp³-hybridized carbons (Fsp3) is 0.647. The highest BCUT2D eigenvalue weighted by Gasteiger charge is 2.16. The standard InChI is InChI=1S/C17H30N2/c1-5-7-12-19(15(4)6-2)17-11-9-8-10-16(17)13-14(3)18/h8-11,14-15H,5-7,12-13,18H2,1-4H3. The quantitative estimate of drug-likeness (QED) is 0.768. The third-order valence-electron chi connectivity index (χ3n) is 3.72. The van der Waals surface area contributed by atoms with Crippen LogP contribution >= 0.6 is 0 Å². The van der Waals surface area contributed by atoms with Gasteiger partial charge in [-0.2, -0.15) is 0 Å². The zero-order valence-corrected chi connectivity index (χ0v) is 13.0. The van der Waals surface area contributed by atoms with Crippen LogP contribution in [0.1, 0.15) is 52.5 Å². The normalized spacial score (nSPS) is 14.2. The third kappa shape index (κ3) is 4.87. The van der Waals surface area contributed by atoms with Crippen molar-refractivity contribution in [2.24, 2.45) is 5.73 Å². The predicted octanol–water partition coefficient (Wildman–Crippen LogP) is 3.98. The molecule has 2 atom stereocenters. The first-order chi connectivity index (χ1) is 9.10. The number of para-hydroxylation sites is 1. The van der Waals surface area contributed by atoms with Crippen LogP contribution in [0.25, 0.3) is 0 Å². The Hall–Kier alpha value is -1.02. The molecule has 0 aromatic heterocycles. The van der Waals surface area contributed by atoms with Crippen molar-refractivity contribution in [2.45, 2.75) is 65.5 Å². The molecule has 0 saturated carbocycles. The number of rotatable bonds is 8. The SMILES string of the molecule is CCCCN(c1ccccc1CC(C)N)C(C)CC. The molecule has 0 saturated heterocycles. The van der Waals surface area contributed by atoms with E-state index in [0.717, 1.165) is 13.0 Å². The number of nitrogens with zero attached hydrogens (tertiary/aromatic N) is 1. The molecule has 2 heteroatoms. The van der Waals surface area contributed by atoms with E-state index in [0.29, 0.717) is 6.04 Å². The van der Waals surface area contributed by atoms with E-state index in [1.54, 1.807) is 0 Å². The van der Waals surface area contributed by atoms with E-state index >= 15 is 0 Å². The molecule has 0 bridgehead atoms. The molecule has 0 fully saturated rings. The zero-order valence-electron chi connectivity index (χ0n) is 13.0. The molecule has 0 aliphatic rings. The van der Waals surface area contributed by atoms with Crippen molar-refractivity contribution >= 4 is 5.69 Å². The molecule has 0 radical (unpaired) electrons. The molecule has 1 aromatic rings. The van der Waals surface area contributed by atoms with Crippen molar-refractivity contribution in [3.63, 3.8) is 0 Å². The third-order valence-corrected chi connectivity index (χ3v) is 3.72. The van der Waals surface area contributed by atoms with Crippen molar-refractivity contribution in [2.75, 3.05) is 11.4 Å². The Kier molecular flexibility index (Phi) is 6.93. The number of benzene rings is 1. The maximum atomic E-state index is 5.98. The summed E-state index contributed by atoms with van der Waals surface area (Å²) in [6, 6.07) is 9.53.